The molecule has 0 N–H and O–H groups in total. The van der Waals surface area contributed by atoms with Crippen LogP contribution in [0, 0.1) is 0 Å². The fraction of sp³-hybridized carbons (Fsp3) is 0.0323. The van der Waals surface area contributed by atoms with E-state index in [9.17, 15) is 0 Å². The molecule has 0 aliphatic heterocycles. The fourth-order valence-electron chi connectivity index (χ4n) is 5.80. The molecule has 1 aliphatic rings. The molecule has 7 rings (SSSR count). The average molecular weight is 459 g/mol. The normalized spacial score (nSPS) is 13.8. The molecule has 33 heavy (non-hydrogen) atoms. The van der Waals surface area contributed by atoms with Crippen molar-refractivity contribution in [3.8, 4) is 11.1 Å². The number of rotatable bonds is 2. The minimum Gasteiger partial charge on any atom is -0.135 e. The quantitative estimate of drug-likeness (QED) is 0.242. The standard InChI is InChI=1S/C31H19ClS/c32-21-18-27(30-24-14-6-9-17-28(24)33-29(30)19-21)31(20-10-2-1-3-11-20)25-15-7-4-12-22(25)23-13-5-8-16-26(23)31/h1-19H. The van der Waals surface area contributed by atoms with Crippen LogP contribution in [-0.2, 0) is 5.41 Å². The van der Waals surface area contributed by atoms with Gasteiger partial charge in [-0.3, -0.25) is 0 Å². The van der Waals surface area contributed by atoms with Crippen molar-refractivity contribution in [3.63, 3.8) is 0 Å². The van der Waals surface area contributed by atoms with E-state index in [1.807, 2.05) is 11.3 Å². The minimum absolute atomic E-state index is 0.443. The lowest BCUT2D eigenvalue weighted by atomic mass is 9.66. The molecule has 2 heteroatoms. The molecule has 6 aromatic rings. The molecule has 1 aromatic heterocycles. The second-order valence-corrected chi connectivity index (χ2v) is 10.2. The van der Waals surface area contributed by atoms with Gasteiger partial charge >= 0.3 is 0 Å². The van der Waals surface area contributed by atoms with Crippen molar-refractivity contribution in [2.24, 2.45) is 0 Å². The maximum atomic E-state index is 6.84. The monoisotopic (exact) mass is 458 g/mol. The maximum Gasteiger partial charge on any atom is 0.0720 e. The summed E-state index contributed by atoms with van der Waals surface area (Å²) in [4.78, 5) is 0. The Morgan fingerprint density at radius 3 is 1.88 bits per heavy atom. The molecular weight excluding hydrogens is 440 g/mol. The Hall–Kier alpha value is -3.39. The Balaban J connectivity index is 1.76. The van der Waals surface area contributed by atoms with Gasteiger partial charge in [0.2, 0.25) is 0 Å². The van der Waals surface area contributed by atoms with Crippen molar-refractivity contribution in [3.05, 3.63) is 143 Å². The van der Waals surface area contributed by atoms with E-state index in [1.54, 1.807) is 0 Å². The summed E-state index contributed by atoms with van der Waals surface area (Å²) < 4.78 is 2.52. The summed E-state index contributed by atoms with van der Waals surface area (Å²) in [5.41, 5.74) is 7.30. The Morgan fingerprint density at radius 1 is 0.545 bits per heavy atom. The Kier molecular flexibility index (Phi) is 4.08. The molecule has 5 aromatic carbocycles. The molecular formula is C31H19ClS. The summed E-state index contributed by atoms with van der Waals surface area (Å²) >= 11 is 8.66. The lowest BCUT2D eigenvalue weighted by molar-refractivity contribution is 0.777. The van der Waals surface area contributed by atoms with E-state index < -0.39 is 5.41 Å². The van der Waals surface area contributed by atoms with Gasteiger partial charge in [0.15, 0.2) is 0 Å². The maximum absolute atomic E-state index is 6.84. The van der Waals surface area contributed by atoms with E-state index in [1.165, 1.54) is 53.6 Å². The van der Waals surface area contributed by atoms with Gasteiger partial charge in [-0.1, -0.05) is 109 Å². The van der Waals surface area contributed by atoms with Gasteiger partial charge in [0.05, 0.1) is 5.41 Å². The van der Waals surface area contributed by atoms with Gasteiger partial charge in [-0.15, -0.1) is 11.3 Å². The summed E-state index contributed by atoms with van der Waals surface area (Å²) in [6.07, 6.45) is 0. The Bertz CT molecular complexity index is 1630. The third-order valence-electron chi connectivity index (χ3n) is 7.01. The van der Waals surface area contributed by atoms with Gasteiger partial charge in [0, 0.05) is 25.2 Å². The van der Waals surface area contributed by atoms with E-state index in [0.717, 1.165) is 5.02 Å². The van der Waals surface area contributed by atoms with Gasteiger partial charge in [-0.25, -0.2) is 0 Å². The molecule has 156 valence electrons. The number of fused-ring (bicyclic) bond motifs is 6. The second-order valence-electron chi connectivity index (χ2n) is 8.63. The van der Waals surface area contributed by atoms with Gasteiger partial charge in [-0.2, -0.15) is 0 Å². The lowest BCUT2D eigenvalue weighted by Crippen LogP contribution is -2.28. The van der Waals surface area contributed by atoms with Gasteiger partial charge in [0.25, 0.3) is 0 Å². The highest BCUT2D eigenvalue weighted by atomic mass is 35.5. The molecule has 0 unspecified atom stereocenters. The molecule has 0 spiro atoms. The molecule has 0 atom stereocenters. The number of hydrogen-bond donors (Lipinski definition) is 0. The van der Waals surface area contributed by atoms with Crippen LogP contribution < -0.4 is 0 Å². The highest BCUT2D eigenvalue weighted by Gasteiger charge is 2.47. The van der Waals surface area contributed by atoms with Crippen molar-refractivity contribution < 1.29 is 0 Å². The van der Waals surface area contributed by atoms with Crippen LogP contribution in [0.3, 0.4) is 0 Å². The zero-order valence-electron chi connectivity index (χ0n) is 17.8. The fourth-order valence-corrected chi connectivity index (χ4v) is 7.25. The summed E-state index contributed by atoms with van der Waals surface area (Å²) in [5.74, 6) is 0. The summed E-state index contributed by atoms with van der Waals surface area (Å²) in [6, 6.07) is 41.7. The van der Waals surface area contributed by atoms with Crippen LogP contribution in [0.25, 0.3) is 31.3 Å². The molecule has 0 bridgehead atoms. The van der Waals surface area contributed by atoms with Crippen molar-refractivity contribution in [2.75, 3.05) is 0 Å². The van der Waals surface area contributed by atoms with Gasteiger partial charge in [-0.05, 0) is 51.6 Å². The molecule has 0 radical (unpaired) electrons. The van der Waals surface area contributed by atoms with Crippen LogP contribution in [0.4, 0.5) is 0 Å². The summed E-state index contributed by atoms with van der Waals surface area (Å²) in [7, 11) is 0. The van der Waals surface area contributed by atoms with E-state index in [0.29, 0.717) is 0 Å². The van der Waals surface area contributed by atoms with E-state index >= 15 is 0 Å². The van der Waals surface area contributed by atoms with E-state index in [2.05, 4.69) is 115 Å². The highest BCUT2D eigenvalue weighted by molar-refractivity contribution is 7.25. The first kappa shape index (κ1) is 19.1. The zero-order valence-corrected chi connectivity index (χ0v) is 19.3. The molecule has 0 saturated heterocycles. The predicted molar refractivity (Wildman–Crippen MR) is 142 cm³/mol. The molecule has 0 nitrogen and oxygen atoms in total. The zero-order chi connectivity index (χ0) is 22.0. The predicted octanol–water partition coefficient (Wildman–Crippen LogP) is 9.07. The molecule has 1 aliphatic carbocycles. The summed E-state index contributed by atoms with van der Waals surface area (Å²) in [6.45, 7) is 0. The minimum atomic E-state index is -0.443. The third kappa shape index (κ3) is 2.52. The highest BCUT2D eigenvalue weighted by Crippen LogP contribution is 2.58. The smallest absolute Gasteiger partial charge is 0.0720 e. The molecule has 1 heterocycles. The van der Waals surface area contributed by atoms with Gasteiger partial charge in [0.1, 0.15) is 0 Å². The lowest BCUT2D eigenvalue weighted by Gasteiger charge is -2.34. The average Bonchev–Trinajstić information content (AvgIpc) is 3.38. The summed E-state index contributed by atoms with van der Waals surface area (Å²) in [5, 5.41) is 3.37. The first-order valence-electron chi connectivity index (χ1n) is 11.1. The van der Waals surface area contributed by atoms with Gasteiger partial charge < -0.3 is 0 Å². The Labute approximate surface area is 201 Å². The van der Waals surface area contributed by atoms with Crippen LogP contribution in [0.15, 0.2) is 115 Å². The number of hydrogen-bond acceptors (Lipinski definition) is 1. The van der Waals surface area contributed by atoms with Crippen molar-refractivity contribution in [1.29, 1.82) is 0 Å². The van der Waals surface area contributed by atoms with Crippen LogP contribution in [0.1, 0.15) is 22.3 Å². The number of benzene rings is 5. The molecule has 0 amide bonds. The topological polar surface area (TPSA) is 0 Å². The first-order chi connectivity index (χ1) is 16.3. The van der Waals surface area contributed by atoms with E-state index in [-0.39, 0.29) is 0 Å². The van der Waals surface area contributed by atoms with Crippen LogP contribution >= 0.6 is 22.9 Å². The third-order valence-corrected chi connectivity index (χ3v) is 8.34. The second kappa shape index (κ2) is 7.05. The van der Waals surface area contributed by atoms with E-state index in [4.69, 9.17) is 11.6 Å². The van der Waals surface area contributed by atoms with Crippen LogP contribution in [0.2, 0.25) is 5.02 Å². The Morgan fingerprint density at radius 2 is 1.15 bits per heavy atom. The van der Waals surface area contributed by atoms with Crippen LogP contribution in [0.5, 0.6) is 0 Å². The van der Waals surface area contributed by atoms with Crippen molar-refractivity contribution in [2.45, 2.75) is 5.41 Å². The van der Waals surface area contributed by atoms with Crippen LogP contribution in [-0.4, -0.2) is 0 Å². The van der Waals surface area contributed by atoms with Crippen molar-refractivity contribution >= 4 is 43.1 Å². The number of halogens is 1. The molecule has 0 fully saturated rings. The SMILES string of the molecule is Clc1cc(C2(c3ccccc3)c3ccccc3-c3ccccc32)c2c(c1)sc1ccccc12. The van der Waals surface area contributed by atoms with Crippen molar-refractivity contribution in [1.82, 2.24) is 0 Å². The number of thiophene rings is 1. The largest absolute Gasteiger partial charge is 0.135 e. The molecule has 0 saturated carbocycles. The first-order valence-corrected chi connectivity index (χ1v) is 12.3.